The van der Waals surface area contributed by atoms with Crippen LogP contribution in [0.1, 0.15) is 118 Å². The summed E-state index contributed by atoms with van der Waals surface area (Å²) in [5.74, 6) is -1.88. The van der Waals surface area contributed by atoms with Gasteiger partial charge in [0.05, 0.1) is 53.5 Å². The van der Waals surface area contributed by atoms with Gasteiger partial charge >= 0.3 is 5.97 Å². The summed E-state index contributed by atoms with van der Waals surface area (Å²) in [6, 6.07) is 38.3. The predicted octanol–water partition coefficient (Wildman–Crippen LogP) is 10.1. The fourth-order valence-electron chi connectivity index (χ4n) is 11.5. The van der Waals surface area contributed by atoms with Crippen LogP contribution in [-0.4, -0.2) is 140 Å². The molecule has 1 saturated heterocycles. The van der Waals surface area contributed by atoms with Crippen molar-refractivity contribution in [1.29, 1.82) is 0 Å². The van der Waals surface area contributed by atoms with Gasteiger partial charge in [0, 0.05) is 38.9 Å². The number of amides is 4. The third-order valence-corrected chi connectivity index (χ3v) is 18.2. The zero-order valence-electron chi connectivity index (χ0n) is 49.0. The largest absolute Gasteiger partial charge is 0.460 e. The highest BCUT2D eigenvalue weighted by Crippen LogP contribution is 2.48. The Hall–Kier alpha value is -5.91. The number of ether oxygens (including phenoxy) is 3. The molecule has 2 N–H and O–H groups in total. The molecule has 1 aliphatic rings. The van der Waals surface area contributed by atoms with Crippen LogP contribution in [0.5, 0.6) is 0 Å². The van der Waals surface area contributed by atoms with Crippen LogP contribution in [0.4, 0.5) is 0 Å². The highest BCUT2D eigenvalue weighted by Gasteiger charge is 2.44. The van der Waals surface area contributed by atoms with Gasteiger partial charge in [-0.05, 0) is 73.4 Å². The monoisotopic (exact) mass is 1130 g/mol. The number of esters is 1. The van der Waals surface area contributed by atoms with E-state index in [4.69, 9.17) is 19.2 Å². The number of rotatable bonds is 29. The fourth-order valence-corrected chi connectivity index (χ4v) is 13.7. The molecule has 14 nitrogen and oxygen atoms in total. The van der Waals surface area contributed by atoms with E-state index in [0.717, 1.165) is 28.7 Å². The van der Waals surface area contributed by atoms with Crippen molar-refractivity contribution in [3.8, 4) is 0 Å². The number of carbonyl (C=O) groups is 5. The lowest BCUT2D eigenvalue weighted by Gasteiger charge is -2.41. The quantitative estimate of drug-likeness (QED) is 0.0267. The van der Waals surface area contributed by atoms with Crippen LogP contribution < -0.4 is 10.6 Å². The van der Waals surface area contributed by atoms with E-state index in [1.807, 2.05) is 157 Å². The van der Waals surface area contributed by atoms with Crippen molar-refractivity contribution in [3.63, 3.8) is 0 Å². The lowest BCUT2D eigenvalue weighted by Crippen LogP contribution is -2.59. The average Bonchev–Trinajstić information content (AvgIpc) is 4.18. The van der Waals surface area contributed by atoms with Gasteiger partial charge in [-0.1, -0.05) is 176 Å². The number of hydrogen-bond donors (Lipinski definition) is 2. The van der Waals surface area contributed by atoms with E-state index < -0.39 is 59.1 Å². The molecule has 0 radical (unpaired) electrons. The summed E-state index contributed by atoms with van der Waals surface area (Å²) >= 11 is 3.00. The van der Waals surface area contributed by atoms with Gasteiger partial charge in [-0.2, -0.15) is 0 Å². The Morgan fingerprint density at radius 2 is 1.32 bits per heavy atom. The molecule has 80 heavy (non-hydrogen) atoms. The van der Waals surface area contributed by atoms with Crippen molar-refractivity contribution in [2.24, 2.45) is 23.7 Å². The minimum Gasteiger partial charge on any atom is -0.460 e. The Morgan fingerprint density at radius 3 is 1.82 bits per heavy atom. The van der Waals surface area contributed by atoms with Gasteiger partial charge in [-0.25, -0.2) is 9.78 Å². The summed E-state index contributed by atoms with van der Waals surface area (Å²) < 4.78 is 17.7. The first kappa shape index (κ1) is 63.3. The second-order valence-corrected chi connectivity index (χ2v) is 24.3. The van der Waals surface area contributed by atoms with E-state index in [2.05, 4.69) is 47.0 Å². The van der Waals surface area contributed by atoms with Gasteiger partial charge in [-0.3, -0.25) is 24.1 Å². The van der Waals surface area contributed by atoms with Crippen LogP contribution in [0, 0.1) is 23.7 Å². The topological polar surface area (TPSA) is 160 Å². The number of methoxy groups -OCH3 is 2. The Morgan fingerprint density at radius 1 is 0.762 bits per heavy atom. The summed E-state index contributed by atoms with van der Waals surface area (Å²) in [4.78, 5) is 81.3. The van der Waals surface area contributed by atoms with Gasteiger partial charge < -0.3 is 34.6 Å². The van der Waals surface area contributed by atoms with E-state index in [-0.39, 0.29) is 60.1 Å². The molecule has 0 saturated carbocycles. The van der Waals surface area contributed by atoms with Crippen molar-refractivity contribution in [3.05, 3.63) is 160 Å². The van der Waals surface area contributed by atoms with E-state index in [1.54, 1.807) is 43.3 Å². The third kappa shape index (κ3) is 15.5. The molecule has 4 amide bonds. The number of likely N-dealkylation sites (tertiary alicyclic amines) is 1. The summed E-state index contributed by atoms with van der Waals surface area (Å²) in [6.07, 6.45) is 1.14. The van der Waals surface area contributed by atoms with E-state index in [0.29, 0.717) is 36.6 Å². The van der Waals surface area contributed by atoms with Crippen molar-refractivity contribution >= 4 is 52.7 Å². The number of carbonyl (C=O) groups excluding carboxylic acids is 5. The molecule has 1 fully saturated rings. The maximum Gasteiger partial charge on any atom is 0.357 e. The number of hydrogen-bond acceptors (Lipinski definition) is 12. The average molecular weight is 1130 g/mol. The number of thiazole rings is 1. The maximum absolute atomic E-state index is 14.6. The number of benzene rings is 4. The number of likely N-dealkylation sites (N-methyl/N-ethyl adjacent to an activating group) is 2. The molecular formula is C64H86N6O8S2. The summed E-state index contributed by atoms with van der Waals surface area (Å²) in [7, 11) is 8.60. The molecule has 6 rings (SSSR count). The highest BCUT2D eigenvalue weighted by atomic mass is 32.2. The molecule has 2 heterocycles. The smallest absolute Gasteiger partial charge is 0.357 e. The third-order valence-electron chi connectivity index (χ3n) is 15.7. The molecule has 1 aromatic heterocycles. The minimum absolute atomic E-state index is 0.00591. The summed E-state index contributed by atoms with van der Waals surface area (Å²) in [5, 5.41) is 8.56. The van der Waals surface area contributed by atoms with Gasteiger partial charge in [0.25, 0.3) is 0 Å². The van der Waals surface area contributed by atoms with Crippen LogP contribution >= 0.6 is 23.1 Å². The molecular weight excluding hydrogens is 1040 g/mol. The molecule has 16 heteroatoms. The molecule has 5 aromatic rings. The number of nitrogens with one attached hydrogen (secondary N) is 2. The van der Waals surface area contributed by atoms with E-state index in [1.165, 1.54) is 11.3 Å². The molecule has 432 valence electrons. The van der Waals surface area contributed by atoms with Gasteiger partial charge in [0.2, 0.25) is 23.6 Å². The van der Waals surface area contributed by atoms with Crippen LogP contribution in [0.3, 0.4) is 0 Å². The van der Waals surface area contributed by atoms with Crippen LogP contribution in [0.15, 0.2) is 127 Å². The first-order chi connectivity index (χ1) is 38.4. The first-order valence-electron chi connectivity index (χ1n) is 28.2. The normalized spacial score (nSPS) is 16.8. The summed E-state index contributed by atoms with van der Waals surface area (Å²) in [6.45, 7) is 14.3. The van der Waals surface area contributed by atoms with E-state index in [9.17, 15) is 24.0 Å². The van der Waals surface area contributed by atoms with Crippen LogP contribution in [0.25, 0.3) is 0 Å². The Bertz CT molecular complexity index is 2630. The van der Waals surface area contributed by atoms with Gasteiger partial charge in [0.1, 0.15) is 17.7 Å². The van der Waals surface area contributed by atoms with Gasteiger partial charge in [0.15, 0.2) is 5.69 Å². The molecule has 0 spiro atoms. The molecule has 0 aliphatic carbocycles. The maximum atomic E-state index is 14.6. The standard InChI is InChI=1S/C64H86N6O8S2/c1-13-44(6)57(69(10)62(74)55(42(2)3)67-60(73)56(43(4)5)68(8)9)53(76-11)40-54(71)70-36-26-35-52(70)58(77-12)45(7)59(72)65-50(39-46-27-18-14-19-28-46)61-66-51(41-79-61)63(75)78-37-38-80-64(47-29-20-15-21-30-47,48-31-22-16-23-32-48)49-33-24-17-25-34-49/h14-25,27-34,41-45,50,52-53,55-58H,13,26,35-40H2,1-12H3,(H,65,72)(H,67,73)/t44?,45?,50?,52-,53?,55?,56?,57?,58?/m0/s1. The Labute approximate surface area is 484 Å². The number of thioether (sulfide) groups is 1. The second kappa shape index (κ2) is 30.2. The Kier molecular flexibility index (Phi) is 23.9. The van der Waals surface area contributed by atoms with Crippen molar-refractivity contribution in [1.82, 2.24) is 30.3 Å². The minimum atomic E-state index is -0.791. The molecule has 0 bridgehead atoms. The van der Waals surface area contributed by atoms with Gasteiger partial charge in [-0.15, -0.1) is 23.1 Å². The predicted molar refractivity (Wildman–Crippen MR) is 320 cm³/mol. The zero-order chi connectivity index (χ0) is 58.1. The lowest BCUT2D eigenvalue weighted by atomic mass is 9.84. The SMILES string of the molecule is CCC(C)C(C(CC(=O)N1CCC[C@H]1C(OC)C(C)C(=O)NC(Cc1ccccc1)c1nc(C(=O)OCCSC(c2ccccc2)(c2ccccc2)c2ccccc2)cs1)OC)N(C)C(=O)C(NC(=O)C(C(C)C)N(C)C)C(C)C. The van der Waals surface area contributed by atoms with Crippen molar-refractivity contribution in [2.75, 3.05) is 54.3 Å². The number of nitrogens with zero attached hydrogens (tertiary/aromatic N) is 4. The zero-order valence-corrected chi connectivity index (χ0v) is 50.6. The van der Waals surface area contributed by atoms with Crippen LogP contribution in [0.2, 0.25) is 0 Å². The molecule has 8 unspecified atom stereocenters. The van der Waals surface area contributed by atoms with E-state index >= 15 is 0 Å². The molecule has 1 aliphatic heterocycles. The number of aromatic nitrogens is 1. The van der Waals surface area contributed by atoms with Crippen molar-refractivity contribution in [2.45, 2.75) is 128 Å². The highest BCUT2D eigenvalue weighted by molar-refractivity contribution is 8.00. The van der Waals surface area contributed by atoms with Crippen molar-refractivity contribution < 1.29 is 38.2 Å². The summed E-state index contributed by atoms with van der Waals surface area (Å²) in [5.41, 5.74) is 4.49. The first-order valence-corrected chi connectivity index (χ1v) is 30.1. The Balaban J connectivity index is 1.14. The van der Waals surface area contributed by atoms with Crippen LogP contribution in [-0.2, 0) is 44.6 Å². The second-order valence-electron chi connectivity index (χ2n) is 22.1. The fraction of sp³-hybridized carbons (Fsp3) is 0.500. The molecule has 4 aromatic carbocycles. The molecule has 9 atom stereocenters. The lowest BCUT2D eigenvalue weighted by molar-refractivity contribution is -0.148.